The molecule has 0 aromatic heterocycles. The molecule has 0 radical (unpaired) electrons. The molecular weight excluding hydrogens is 527 g/mol. The first-order valence-corrected chi connectivity index (χ1v) is 13.6. The molecule has 2 atom stereocenters. The zero-order chi connectivity index (χ0) is 29.5. The Bertz CT molecular complexity index is 1350. The third-order valence-electron chi connectivity index (χ3n) is 7.43. The number of nitrogens with one attached hydrogen (secondary N) is 1. The number of ether oxygens (including phenoxy) is 4. The number of nitrogens with zero attached hydrogens (tertiary/aromatic N) is 1. The highest BCUT2D eigenvalue weighted by Gasteiger charge is 2.43. The Kier molecular flexibility index (Phi) is 9.37. The van der Waals surface area contributed by atoms with Crippen molar-refractivity contribution >= 4 is 12.0 Å². The molecule has 0 bridgehead atoms. The lowest BCUT2D eigenvalue weighted by molar-refractivity contribution is -0.160. The van der Waals surface area contributed by atoms with Gasteiger partial charge in [-0.3, -0.25) is 0 Å². The second-order valence-electron chi connectivity index (χ2n) is 10.4. The Morgan fingerprint density at radius 3 is 2.46 bits per heavy atom. The first-order valence-electron chi connectivity index (χ1n) is 13.6. The zero-order valence-corrected chi connectivity index (χ0v) is 23.9. The smallest absolute Gasteiger partial charge is 0.350 e. The van der Waals surface area contributed by atoms with Crippen molar-refractivity contribution in [2.75, 3.05) is 33.9 Å². The summed E-state index contributed by atoms with van der Waals surface area (Å²) in [5, 5.41) is 2.95. The van der Waals surface area contributed by atoms with Gasteiger partial charge in [0, 0.05) is 26.4 Å². The Hall–Kier alpha value is -4.27. The lowest BCUT2D eigenvalue weighted by atomic mass is 9.87. The van der Waals surface area contributed by atoms with E-state index in [4.69, 9.17) is 18.9 Å². The number of amides is 2. The maximum Gasteiger partial charge on any atom is 0.350 e. The monoisotopic (exact) mass is 564 g/mol. The third kappa shape index (κ3) is 7.09. The second kappa shape index (κ2) is 12.9. The van der Waals surface area contributed by atoms with E-state index in [9.17, 15) is 14.0 Å². The van der Waals surface area contributed by atoms with Crippen molar-refractivity contribution in [3.63, 3.8) is 0 Å². The number of halogens is 1. The van der Waals surface area contributed by atoms with Gasteiger partial charge in [0.15, 0.2) is 11.6 Å². The Morgan fingerprint density at radius 1 is 1.05 bits per heavy atom. The van der Waals surface area contributed by atoms with Crippen LogP contribution in [-0.2, 0) is 22.4 Å². The molecule has 3 aromatic rings. The molecule has 4 rings (SSSR count). The van der Waals surface area contributed by atoms with Crippen molar-refractivity contribution in [1.29, 1.82) is 0 Å². The highest BCUT2D eigenvalue weighted by Crippen LogP contribution is 2.30. The fraction of sp³-hybridized carbons (Fsp3) is 0.375. The lowest BCUT2D eigenvalue weighted by Crippen LogP contribution is -2.47. The van der Waals surface area contributed by atoms with E-state index in [0.29, 0.717) is 31.7 Å². The van der Waals surface area contributed by atoms with Crippen molar-refractivity contribution in [2.45, 2.75) is 44.2 Å². The SMILES string of the molecule is CCOC(=O)C(C)(Cc1ccc(OCCC2(Cc3cccc(OC)c3)CNC(=O)N2C)cc1)Oc1ccccc1F. The fourth-order valence-corrected chi connectivity index (χ4v) is 5.04. The summed E-state index contributed by atoms with van der Waals surface area (Å²) in [4.78, 5) is 27.0. The number of rotatable bonds is 13. The standard InChI is InChI=1S/C32H37FN2O6/c1-5-39-29(36)31(2,41-28-12-7-6-11-27(28)33)20-23-13-15-25(16-14-23)40-18-17-32(22-34-30(37)35(32)3)21-24-9-8-10-26(19-24)38-4/h6-16,19H,5,17-18,20-22H2,1-4H3,(H,34,37). The second-order valence-corrected chi connectivity index (χ2v) is 10.4. The van der Waals surface area contributed by atoms with Gasteiger partial charge in [-0.15, -0.1) is 0 Å². The summed E-state index contributed by atoms with van der Waals surface area (Å²) in [6, 6.07) is 21.0. The van der Waals surface area contributed by atoms with Crippen molar-refractivity contribution in [1.82, 2.24) is 10.2 Å². The predicted molar refractivity (Wildman–Crippen MR) is 153 cm³/mol. The van der Waals surface area contributed by atoms with Crippen LogP contribution in [0.25, 0.3) is 0 Å². The summed E-state index contributed by atoms with van der Waals surface area (Å²) >= 11 is 0. The van der Waals surface area contributed by atoms with Crippen LogP contribution in [0.15, 0.2) is 72.8 Å². The number of hydrogen-bond donors (Lipinski definition) is 1. The number of para-hydroxylation sites is 1. The molecule has 1 fully saturated rings. The summed E-state index contributed by atoms with van der Waals surface area (Å²) in [5.41, 5.74) is -0.0162. The van der Waals surface area contributed by atoms with Crippen molar-refractivity contribution in [3.8, 4) is 17.2 Å². The zero-order valence-electron chi connectivity index (χ0n) is 23.9. The molecule has 218 valence electrons. The first-order chi connectivity index (χ1) is 19.7. The van der Waals surface area contributed by atoms with Crippen molar-refractivity contribution in [3.05, 3.63) is 89.7 Å². The summed E-state index contributed by atoms with van der Waals surface area (Å²) in [6.07, 6.45) is 1.43. The maximum absolute atomic E-state index is 14.3. The van der Waals surface area contributed by atoms with Gasteiger partial charge in [0.1, 0.15) is 11.5 Å². The number of carbonyl (C=O) groups is 2. The van der Waals surface area contributed by atoms with E-state index in [1.807, 2.05) is 48.5 Å². The van der Waals surface area contributed by atoms with Crippen molar-refractivity contribution in [2.24, 2.45) is 0 Å². The topological polar surface area (TPSA) is 86.3 Å². The van der Waals surface area contributed by atoms with E-state index in [1.165, 1.54) is 12.1 Å². The average Bonchev–Trinajstić information content (AvgIpc) is 3.24. The summed E-state index contributed by atoms with van der Waals surface area (Å²) in [5.74, 6) is 0.274. The number of urea groups is 1. The van der Waals surface area contributed by atoms with Crippen LogP contribution in [0.5, 0.6) is 17.2 Å². The van der Waals surface area contributed by atoms with Crippen LogP contribution in [0.2, 0.25) is 0 Å². The highest BCUT2D eigenvalue weighted by atomic mass is 19.1. The molecule has 1 aliphatic heterocycles. The molecule has 1 N–H and O–H groups in total. The van der Waals surface area contributed by atoms with Gasteiger partial charge in [0.25, 0.3) is 0 Å². The molecule has 41 heavy (non-hydrogen) atoms. The minimum absolute atomic E-state index is 0.0178. The molecule has 8 nitrogen and oxygen atoms in total. The molecule has 1 aliphatic rings. The quantitative estimate of drug-likeness (QED) is 0.288. The van der Waals surface area contributed by atoms with Crippen LogP contribution in [-0.4, -0.2) is 62.0 Å². The number of benzene rings is 3. The Morgan fingerprint density at radius 2 is 1.80 bits per heavy atom. The van der Waals surface area contributed by atoms with Crippen LogP contribution < -0.4 is 19.5 Å². The Balaban J connectivity index is 1.42. The molecule has 3 aromatic carbocycles. The highest BCUT2D eigenvalue weighted by molar-refractivity contribution is 5.80. The van der Waals surface area contributed by atoms with E-state index >= 15 is 0 Å². The van der Waals surface area contributed by atoms with Crippen LogP contribution in [0.1, 0.15) is 31.4 Å². The number of methoxy groups -OCH3 is 1. The summed E-state index contributed by atoms with van der Waals surface area (Å²) in [6.45, 7) is 4.38. The molecule has 1 saturated heterocycles. The summed E-state index contributed by atoms with van der Waals surface area (Å²) < 4.78 is 36.9. The molecule has 0 aliphatic carbocycles. The normalized spacial score (nSPS) is 17.9. The average molecular weight is 565 g/mol. The van der Waals surface area contributed by atoms with Gasteiger partial charge < -0.3 is 29.2 Å². The molecule has 9 heteroatoms. The van der Waals surface area contributed by atoms with Gasteiger partial charge in [-0.2, -0.15) is 0 Å². The van der Waals surface area contributed by atoms with E-state index in [1.54, 1.807) is 45.0 Å². The Labute approximate surface area is 240 Å². The summed E-state index contributed by atoms with van der Waals surface area (Å²) in [7, 11) is 3.44. The van der Waals surface area contributed by atoms with E-state index in [2.05, 4.69) is 5.32 Å². The minimum Gasteiger partial charge on any atom is -0.497 e. The lowest BCUT2D eigenvalue weighted by Gasteiger charge is -2.35. The predicted octanol–water partition coefficient (Wildman–Crippen LogP) is 5.18. The maximum atomic E-state index is 14.3. The molecule has 2 amide bonds. The molecule has 2 unspecified atom stereocenters. The number of esters is 1. The van der Waals surface area contributed by atoms with Gasteiger partial charge in [-0.05, 0) is 67.8 Å². The van der Waals surface area contributed by atoms with E-state index < -0.39 is 22.9 Å². The van der Waals surface area contributed by atoms with Gasteiger partial charge >= 0.3 is 12.0 Å². The van der Waals surface area contributed by atoms with Gasteiger partial charge in [0.05, 0.1) is 25.9 Å². The largest absolute Gasteiger partial charge is 0.497 e. The van der Waals surface area contributed by atoms with E-state index in [-0.39, 0.29) is 24.8 Å². The van der Waals surface area contributed by atoms with E-state index in [0.717, 1.165) is 16.9 Å². The van der Waals surface area contributed by atoms with Crippen molar-refractivity contribution < 1.29 is 32.9 Å². The van der Waals surface area contributed by atoms with Crippen LogP contribution in [0.4, 0.5) is 9.18 Å². The van der Waals surface area contributed by atoms with Gasteiger partial charge in [0.2, 0.25) is 5.60 Å². The molecule has 0 spiro atoms. The van der Waals surface area contributed by atoms with Crippen LogP contribution >= 0.6 is 0 Å². The fourth-order valence-electron chi connectivity index (χ4n) is 5.04. The first kappa shape index (κ1) is 29.7. The molecular formula is C32H37FN2O6. The van der Waals surface area contributed by atoms with Crippen LogP contribution in [0, 0.1) is 5.82 Å². The minimum atomic E-state index is -1.43. The number of carbonyl (C=O) groups excluding carboxylic acids is 2. The number of hydrogen-bond acceptors (Lipinski definition) is 6. The molecule has 0 saturated carbocycles. The van der Waals surface area contributed by atoms with Gasteiger partial charge in [-0.25, -0.2) is 14.0 Å². The molecule has 1 heterocycles. The number of likely N-dealkylation sites (N-methyl/N-ethyl adjacent to an activating group) is 1. The third-order valence-corrected chi connectivity index (χ3v) is 7.43. The van der Waals surface area contributed by atoms with Gasteiger partial charge in [-0.1, -0.05) is 36.4 Å². The van der Waals surface area contributed by atoms with Crippen LogP contribution in [0.3, 0.4) is 0 Å².